The lowest BCUT2D eigenvalue weighted by Gasteiger charge is -1.99. The van der Waals surface area contributed by atoms with Crippen LogP contribution < -0.4 is 5.73 Å². The van der Waals surface area contributed by atoms with Gasteiger partial charge in [-0.25, -0.2) is 0 Å². The molecule has 0 aromatic heterocycles. The fraction of sp³-hybridized carbons (Fsp3) is 0.846. The first-order chi connectivity index (χ1) is 6.91. The molecule has 0 aromatic rings. The minimum absolute atomic E-state index is 0.863. The van der Waals surface area contributed by atoms with Gasteiger partial charge < -0.3 is 5.73 Å². The quantitative estimate of drug-likeness (QED) is 0.415. The van der Waals surface area contributed by atoms with Gasteiger partial charge in [0.1, 0.15) is 0 Å². The Morgan fingerprint density at radius 2 is 1.36 bits per heavy atom. The molecule has 0 heterocycles. The molecule has 84 valence electrons. The van der Waals surface area contributed by atoms with Gasteiger partial charge in [0, 0.05) is 0 Å². The summed E-state index contributed by atoms with van der Waals surface area (Å²) in [4.78, 5) is 0. The Kier molecular flexibility index (Phi) is 12.4. The standard InChI is InChI=1S/C13H27N/c1-2-3-4-5-6-7-8-9-10-11-12-13-14/h3-4H,2,5-14H2,1H3. The summed E-state index contributed by atoms with van der Waals surface area (Å²) in [6.07, 6.45) is 16.5. The maximum absolute atomic E-state index is 5.43. The molecule has 0 bridgehead atoms. The van der Waals surface area contributed by atoms with Crippen LogP contribution in [0.1, 0.15) is 64.7 Å². The van der Waals surface area contributed by atoms with Crippen molar-refractivity contribution >= 4 is 0 Å². The number of nitrogens with two attached hydrogens (primary N) is 1. The highest BCUT2D eigenvalue weighted by atomic mass is 14.5. The maximum Gasteiger partial charge on any atom is -0.00773 e. The summed E-state index contributed by atoms with van der Waals surface area (Å²) >= 11 is 0. The van der Waals surface area contributed by atoms with Crippen molar-refractivity contribution in [1.29, 1.82) is 0 Å². The summed E-state index contributed by atoms with van der Waals surface area (Å²) < 4.78 is 0. The monoisotopic (exact) mass is 197 g/mol. The SMILES string of the molecule is CCC=CCCCCCCCCCN. The summed E-state index contributed by atoms with van der Waals surface area (Å²) in [5.74, 6) is 0. The van der Waals surface area contributed by atoms with Gasteiger partial charge in [-0.1, -0.05) is 51.2 Å². The number of hydrogen-bond acceptors (Lipinski definition) is 1. The number of unbranched alkanes of at least 4 members (excludes halogenated alkanes) is 7. The molecule has 14 heavy (non-hydrogen) atoms. The molecular weight excluding hydrogens is 170 g/mol. The third kappa shape index (κ3) is 11.7. The summed E-state index contributed by atoms with van der Waals surface area (Å²) in [6.45, 7) is 3.05. The van der Waals surface area contributed by atoms with Gasteiger partial charge in [-0.15, -0.1) is 0 Å². The fourth-order valence-electron chi connectivity index (χ4n) is 1.57. The van der Waals surface area contributed by atoms with Gasteiger partial charge in [0.05, 0.1) is 0 Å². The normalized spacial score (nSPS) is 11.3. The van der Waals surface area contributed by atoms with E-state index >= 15 is 0 Å². The van der Waals surface area contributed by atoms with Gasteiger partial charge in [-0.2, -0.15) is 0 Å². The molecule has 1 nitrogen and oxygen atoms in total. The molecular formula is C13H27N. The second-order valence-electron chi connectivity index (χ2n) is 3.93. The van der Waals surface area contributed by atoms with Gasteiger partial charge >= 0.3 is 0 Å². The van der Waals surface area contributed by atoms with Crippen LogP contribution in [0.2, 0.25) is 0 Å². The molecule has 0 rings (SSSR count). The smallest absolute Gasteiger partial charge is 0.00773 e. The molecule has 0 atom stereocenters. The molecule has 0 spiro atoms. The highest BCUT2D eigenvalue weighted by molar-refractivity contribution is 4.79. The van der Waals surface area contributed by atoms with Crippen molar-refractivity contribution in [3.8, 4) is 0 Å². The Hall–Kier alpha value is -0.300. The first-order valence-corrected chi connectivity index (χ1v) is 6.27. The Bertz CT molecular complexity index is 118. The van der Waals surface area contributed by atoms with Crippen molar-refractivity contribution in [2.45, 2.75) is 64.7 Å². The molecule has 0 radical (unpaired) electrons. The first kappa shape index (κ1) is 13.7. The van der Waals surface area contributed by atoms with Crippen LogP contribution in [0.5, 0.6) is 0 Å². The van der Waals surface area contributed by atoms with E-state index < -0.39 is 0 Å². The summed E-state index contributed by atoms with van der Waals surface area (Å²) in [5.41, 5.74) is 5.43. The predicted octanol–water partition coefficient (Wildman–Crippen LogP) is 4.03. The molecule has 2 N–H and O–H groups in total. The van der Waals surface area contributed by atoms with Crippen molar-refractivity contribution in [3.05, 3.63) is 12.2 Å². The van der Waals surface area contributed by atoms with E-state index in [0.29, 0.717) is 0 Å². The summed E-state index contributed by atoms with van der Waals surface area (Å²) in [7, 11) is 0. The van der Waals surface area contributed by atoms with Crippen LogP contribution in [-0.4, -0.2) is 6.54 Å². The maximum atomic E-state index is 5.43. The minimum Gasteiger partial charge on any atom is -0.330 e. The molecule has 0 unspecified atom stereocenters. The van der Waals surface area contributed by atoms with Gasteiger partial charge in [0.2, 0.25) is 0 Å². The summed E-state index contributed by atoms with van der Waals surface area (Å²) in [6, 6.07) is 0. The van der Waals surface area contributed by atoms with Crippen LogP contribution in [0, 0.1) is 0 Å². The Morgan fingerprint density at radius 3 is 1.93 bits per heavy atom. The van der Waals surface area contributed by atoms with Gasteiger partial charge in [0.15, 0.2) is 0 Å². The van der Waals surface area contributed by atoms with Crippen molar-refractivity contribution < 1.29 is 0 Å². The Morgan fingerprint density at radius 1 is 0.786 bits per heavy atom. The van der Waals surface area contributed by atoms with Crippen molar-refractivity contribution in [2.24, 2.45) is 5.73 Å². The number of hydrogen-bond donors (Lipinski definition) is 1. The lowest BCUT2D eigenvalue weighted by Crippen LogP contribution is -1.97. The highest BCUT2D eigenvalue weighted by Crippen LogP contribution is 2.08. The van der Waals surface area contributed by atoms with E-state index in [1.165, 1.54) is 57.8 Å². The molecule has 0 aliphatic heterocycles. The van der Waals surface area contributed by atoms with Crippen LogP contribution >= 0.6 is 0 Å². The van der Waals surface area contributed by atoms with E-state index in [1.54, 1.807) is 0 Å². The third-order valence-electron chi connectivity index (χ3n) is 2.48. The molecule has 0 aromatic carbocycles. The third-order valence-corrected chi connectivity index (χ3v) is 2.48. The fourth-order valence-corrected chi connectivity index (χ4v) is 1.57. The zero-order valence-corrected chi connectivity index (χ0v) is 9.80. The van der Waals surface area contributed by atoms with E-state index in [-0.39, 0.29) is 0 Å². The molecule has 0 saturated carbocycles. The summed E-state index contributed by atoms with van der Waals surface area (Å²) in [5, 5.41) is 0. The van der Waals surface area contributed by atoms with Crippen molar-refractivity contribution in [1.82, 2.24) is 0 Å². The first-order valence-electron chi connectivity index (χ1n) is 6.27. The van der Waals surface area contributed by atoms with Crippen LogP contribution in [-0.2, 0) is 0 Å². The average molecular weight is 197 g/mol. The van der Waals surface area contributed by atoms with E-state index in [1.807, 2.05) is 0 Å². The Labute approximate surface area is 89.8 Å². The molecule has 1 heteroatoms. The average Bonchev–Trinajstić information content (AvgIpc) is 2.21. The van der Waals surface area contributed by atoms with Crippen LogP contribution in [0.25, 0.3) is 0 Å². The zero-order valence-electron chi connectivity index (χ0n) is 9.80. The lowest BCUT2D eigenvalue weighted by atomic mass is 10.1. The van der Waals surface area contributed by atoms with Crippen LogP contribution in [0.15, 0.2) is 12.2 Å². The van der Waals surface area contributed by atoms with E-state index in [0.717, 1.165) is 6.54 Å². The van der Waals surface area contributed by atoms with Crippen LogP contribution in [0.4, 0.5) is 0 Å². The zero-order chi connectivity index (χ0) is 10.5. The van der Waals surface area contributed by atoms with Gasteiger partial charge in [-0.05, 0) is 32.2 Å². The number of rotatable bonds is 10. The lowest BCUT2D eigenvalue weighted by molar-refractivity contribution is 0.584. The van der Waals surface area contributed by atoms with Crippen LogP contribution in [0.3, 0.4) is 0 Å². The predicted molar refractivity (Wildman–Crippen MR) is 65.4 cm³/mol. The van der Waals surface area contributed by atoms with E-state index in [4.69, 9.17) is 5.73 Å². The van der Waals surface area contributed by atoms with Gasteiger partial charge in [0.25, 0.3) is 0 Å². The second kappa shape index (κ2) is 12.7. The molecule has 0 fully saturated rings. The van der Waals surface area contributed by atoms with E-state index in [9.17, 15) is 0 Å². The van der Waals surface area contributed by atoms with E-state index in [2.05, 4.69) is 19.1 Å². The van der Waals surface area contributed by atoms with Crippen molar-refractivity contribution in [3.63, 3.8) is 0 Å². The largest absolute Gasteiger partial charge is 0.330 e. The second-order valence-corrected chi connectivity index (χ2v) is 3.93. The molecule has 0 amide bonds. The molecule has 0 saturated heterocycles. The minimum atomic E-state index is 0.863. The van der Waals surface area contributed by atoms with Gasteiger partial charge in [-0.3, -0.25) is 0 Å². The number of allylic oxidation sites excluding steroid dienone is 2. The molecule has 0 aliphatic carbocycles. The Balaban J connectivity index is 2.88. The highest BCUT2D eigenvalue weighted by Gasteiger charge is 1.89. The van der Waals surface area contributed by atoms with Crippen molar-refractivity contribution in [2.75, 3.05) is 6.54 Å². The molecule has 0 aliphatic rings. The topological polar surface area (TPSA) is 26.0 Å².